The summed E-state index contributed by atoms with van der Waals surface area (Å²) in [5.41, 5.74) is 3.69. The largest absolute Gasteiger partial charge is 0.480 e. The van der Waals surface area contributed by atoms with Gasteiger partial charge in [-0.3, -0.25) is 4.79 Å². The highest BCUT2D eigenvalue weighted by Gasteiger charge is 2.28. The predicted molar refractivity (Wildman–Crippen MR) is 53.5 cm³/mol. The van der Waals surface area contributed by atoms with Gasteiger partial charge in [0.15, 0.2) is 6.04 Å². The van der Waals surface area contributed by atoms with E-state index >= 15 is 0 Å². The highest BCUT2D eigenvalue weighted by Crippen LogP contribution is 1.99. The van der Waals surface area contributed by atoms with Gasteiger partial charge >= 0.3 is 12.0 Å². The van der Waals surface area contributed by atoms with Crippen LogP contribution in [0.2, 0.25) is 0 Å². The average Bonchev–Trinajstić information content (AvgIpc) is 2.12. The standard InChI is InChI=1S/C8H15N3O5/c1-8(2,6(9)15)11-7(16)10-4(3-12)5(13)14/h4,12H,3H2,1-2H3,(H2,9,15)(H,13,14)(H2,10,11,16). The van der Waals surface area contributed by atoms with Gasteiger partial charge < -0.3 is 26.6 Å². The molecule has 16 heavy (non-hydrogen) atoms. The third kappa shape index (κ3) is 4.13. The number of carboxylic acid groups (broad SMARTS) is 1. The number of amides is 3. The van der Waals surface area contributed by atoms with Gasteiger partial charge in [0.25, 0.3) is 0 Å². The lowest BCUT2D eigenvalue weighted by Crippen LogP contribution is -2.58. The Labute approximate surface area is 91.8 Å². The van der Waals surface area contributed by atoms with Crippen molar-refractivity contribution in [3.8, 4) is 0 Å². The minimum atomic E-state index is -1.43. The highest BCUT2D eigenvalue weighted by molar-refractivity contribution is 5.90. The quantitative estimate of drug-likeness (QED) is 0.373. The van der Waals surface area contributed by atoms with E-state index in [1.54, 1.807) is 0 Å². The SMILES string of the molecule is CC(C)(NC(=O)NC(CO)C(=O)O)C(N)=O. The molecule has 0 saturated heterocycles. The number of nitrogens with one attached hydrogen (secondary N) is 2. The third-order valence-electron chi connectivity index (χ3n) is 1.83. The zero-order valence-electron chi connectivity index (χ0n) is 8.98. The molecular weight excluding hydrogens is 218 g/mol. The number of nitrogens with two attached hydrogens (primary N) is 1. The molecule has 6 N–H and O–H groups in total. The lowest BCUT2D eigenvalue weighted by Gasteiger charge is -2.23. The number of hydrogen-bond acceptors (Lipinski definition) is 4. The van der Waals surface area contributed by atoms with Crippen LogP contribution in [-0.2, 0) is 9.59 Å². The highest BCUT2D eigenvalue weighted by atomic mass is 16.4. The molecular formula is C8H15N3O5. The van der Waals surface area contributed by atoms with Crippen LogP contribution in [0.15, 0.2) is 0 Å². The van der Waals surface area contributed by atoms with E-state index in [1.807, 2.05) is 5.32 Å². The van der Waals surface area contributed by atoms with Crippen LogP contribution in [0.4, 0.5) is 4.79 Å². The molecule has 0 aliphatic rings. The minimum absolute atomic E-state index is 0.750. The molecule has 8 heteroatoms. The molecule has 0 rings (SSSR count). The second-order valence-electron chi connectivity index (χ2n) is 3.66. The molecule has 0 radical (unpaired) electrons. The number of rotatable bonds is 5. The van der Waals surface area contributed by atoms with Crippen LogP contribution in [0.1, 0.15) is 13.8 Å². The Hall–Kier alpha value is -1.83. The number of aliphatic hydroxyl groups excluding tert-OH is 1. The Balaban J connectivity index is 4.38. The molecule has 0 bridgehead atoms. The maximum absolute atomic E-state index is 11.2. The smallest absolute Gasteiger partial charge is 0.328 e. The van der Waals surface area contributed by atoms with Gasteiger partial charge in [0.1, 0.15) is 5.54 Å². The second kappa shape index (κ2) is 5.31. The van der Waals surface area contributed by atoms with Crippen molar-refractivity contribution in [1.82, 2.24) is 10.6 Å². The lowest BCUT2D eigenvalue weighted by molar-refractivity contribution is -0.140. The van der Waals surface area contributed by atoms with Crippen LogP contribution >= 0.6 is 0 Å². The maximum atomic E-state index is 11.2. The first-order valence-electron chi connectivity index (χ1n) is 4.43. The van der Waals surface area contributed by atoms with E-state index in [2.05, 4.69) is 5.32 Å². The molecule has 0 aromatic rings. The van der Waals surface area contributed by atoms with E-state index in [-0.39, 0.29) is 0 Å². The fraction of sp³-hybridized carbons (Fsp3) is 0.625. The lowest BCUT2D eigenvalue weighted by atomic mass is 10.1. The summed E-state index contributed by atoms with van der Waals surface area (Å²) in [6, 6.07) is -2.33. The van der Waals surface area contributed by atoms with Crippen molar-refractivity contribution in [3.63, 3.8) is 0 Å². The molecule has 0 aliphatic carbocycles. The van der Waals surface area contributed by atoms with E-state index in [0.29, 0.717) is 0 Å². The Morgan fingerprint density at radius 2 is 1.88 bits per heavy atom. The fourth-order valence-corrected chi connectivity index (χ4v) is 0.725. The average molecular weight is 233 g/mol. The summed E-state index contributed by atoms with van der Waals surface area (Å²) in [5.74, 6) is -2.15. The van der Waals surface area contributed by atoms with Gasteiger partial charge in [-0.2, -0.15) is 0 Å². The van der Waals surface area contributed by atoms with Crippen LogP contribution in [0, 0.1) is 0 Å². The summed E-state index contributed by atoms with van der Waals surface area (Å²) < 4.78 is 0. The first-order chi connectivity index (χ1) is 7.20. The van der Waals surface area contributed by atoms with Crippen LogP contribution in [0.5, 0.6) is 0 Å². The van der Waals surface area contributed by atoms with Crippen molar-refractivity contribution in [3.05, 3.63) is 0 Å². The first kappa shape index (κ1) is 14.2. The summed E-state index contributed by atoms with van der Waals surface area (Å²) in [4.78, 5) is 32.6. The van der Waals surface area contributed by atoms with Gasteiger partial charge in [-0.15, -0.1) is 0 Å². The van der Waals surface area contributed by atoms with Crippen molar-refractivity contribution in [1.29, 1.82) is 0 Å². The Morgan fingerprint density at radius 3 is 2.19 bits per heavy atom. The molecule has 0 fully saturated rings. The number of aliphatic carboxylic acids is 1. The van der Waals surface area contributed by atoms with Crippen LogP contribution < -0.4 is 16.4 Å². The monoisotopic (exact) mass is 233 g/mol. The van der Waals surface area contributed by atoms with Crippen LogP contribution in [-0.4, -0.2) is 46.3 Å². The molecule has 3 amide bonds. The van der Waals surface area contributed by atoms with E-state index in [9.17, 15) is 14.4 Å². The molecule has 0 aliphatic heterocycles. The van der Waals surface area contributed by atoms with Crippen LogP contribution in [0.25, 0.3) is 0 Å². The molecule has 92 valence electrons. The number of carboxylic acids is 1. The fourth-order valence-electron chi connectivity index (χ4n) is 0.725. The Kier molecular flexibility index (Phi) is 4.70. The zero-order valence-corrected chi connectivity index (χ0v) is 8.98. The van der Waals surface area contributed by atoms with Gasteiger partial charge in [0.05, 0.1) is 6.61 Å². The molecule has 8 nitrogen and oxygen atoms in total. The van der Waals surface area contributed by atoms with E-state index < -0.39 is 36.1 Å². The summed E-state index contributed by atoms with van der Waals surface area (Å²) in [6.45, 7) is 1.98. The van der Waals surface area contributed by atoms with E-state index in [1.165, 1.54) is 13.8 Å². The van der Waals surface area contributed by atoms with E-state index in [0.717, 1.165) is 0 Å². The molecule has 0 heterocycles. The molecule has 1 atom stereocenters. The number of urea groups is 1. The van der Waals surface area contributed by atoms with E-state index in [4.69, 9.17) is 15.9 Å². The molecule has 1 unspecified atom stereocenters. The topological polar surface area (TPSA) is 142 Å². The first-order valence-corrected chi connectivity index (χ1v) is 4.43. The Morgan fingerprint density at radius 1 is 1.38 bits per heavy atom. The summed E-state index contributed by atoms with van der Waals surface area (Å²) in [6.07, 6.45) is 0. The second-order valence-corrected chi connectivity index (χ2v) is 3.66. The van der Waals surface area contributed by atoms with Gasteiger partial charge in [-0.05, 0) is 13.8 Å². The molecule has 0 aromatic carbocycles. The van der Waals surface area contributed by atoms with Crippen molar-refractivity contribution in [2.75, 3.05) is 6.61 Å². The van der Waals surface area contributed by atoms with Crippen molar-refractivity contribution >= 4 is 17.9 Å². The predicted octanol–water partition coefficient (Wildman–Crippen LogP) is -2.00. The third-order valence-corrected chi connectivity index (χ3v) is 1.83. The Bertz CT molecular complexity index is 302. The van der Waals surface area contributed by atoms with Crippen molar-refractivity contribution in [2.24, 2.45) is 5.73 Å². The van der Waals surface area contributed by atoms with Crippen molar-refractivity contribution in [2.45, 2.75) is 25.4 Å². The normalized spacial score (nSPS) is 12.7. The number of aliphatic hydroxyl groups is 1. The summed E-state index contributed by atoms with van der Waals surface area (Å²) in [5, 5.41) is 21.3. The van der Waals surface area contributed by atoms with Crippen molar-refractivity contribution < 1.29 is 24.6 Å². The van der Waals surface area contributed by atoms with Gasteiger partial charge in [0.2, 0.25) is 5.91 Å². The summed E-state index contributed by atoms with van der Waals surface area (Å²) in [7, 11) is 0. The summed E-state index contributed by atoms with van der Waals surface area (Å²) >= 11 is 0. The molecule has 0 spiro atoms. The van der Waals surface area contributed by atoms with Gasteiger partial charge in [0, 0.05) is 0 Å². The minimum Gasteiger partial charge on any atom is -0.480 e. The number of carbonyl (C=O) groups is 3. The van der Waals surface area contributed by atoms with Gasteiger partial charge in [-0.25, -0.2) is 9.59 Å². The molecule has 0 aromatic heterocycles. The molecule has 0 saturated carbocycles. The van der Waals surface area contributed by atoms with Gasteiger partial charge in [-0.1, -0.05) is 0 Å². The number of hydrogen-bond donors (Lipinski definition) is 5. The number of carbonyl (C=O) groups excluding carboxylic acids is 2. The van der Waals surface area contributed by atoms with Crippen LogP contribution in [0.3, 0.4) is 0 Å². The zero-order chi connectivity index (χ0) is 12.9. The maximum Gasteiger partial charge on any atom is 0.328 e. The number of primary amides is 1.